The van der Waals surface area contributed by atoms with Crippen LogP contribution in [0, 0.1) is 0 Å². The highest BCUT2D eigenvalue weighted by Crippen LogP contribution is 2.21. The Morgan fingerprint density at radius 2 is 2.00 bits per heavy atom. The minimum absolute atomic E-state index is 0. The van der Waals surface area contributed by atoms with Crippen molar-refractivity contribution in [2.45, 2.75) is 45.7 Å². The van der Waals surface area contributed by atoms with Crippen LogP contribution in [0.25, 0.3) is 0 Å². The Kier molecular flexibility index (Phi) is 11.9. The molecule has 148 valence electrons. The van der Waals surface area contributed by atoms with Crippen molar-refractivity contribution in [3.05, 3.63) is 35.4 Å². The second kappa shape index (κ2) is 13.3. The van der Waals surface area contributed by atoms with Crippen molar-refractivity contribution in [3.8, 4) is 0 Å². The summed E-state index contributed by atoms with van der Waals surface area (Å²) in [6.07, 6.45) is 3.25. The first-order valence-corrected chi connectivity index (χ1v) is 9.60. The fourth-order valence-electron chi connectivity index (χ4n) is 3.29. The lowest BCUT2D eigenvalue weighted by Crippen LogP contribution is -2.43. The largest absolute Gasteiger partial charge is 0.385 e. The summed E-state index contributed by atoms with van der Waals surface area (Å²) in [5, 5.41) is 6.73. The summed E-state index contributed by atoms with van der Waals surface area (Å²) in [6.45, 7) is 9.91. The van der Waals surface area contributed by atoms with E-state index in [1.807, 2.05) is 0 Å². The van der Waals surface area contributed by atoms with Crippen molar-refractivity contribution in [2.75, 3.05) is 39.9 Å². The Morgan fingerprint density at radius 3 is 2.69 bits per heavy atom. The minimum Gasteiger partial charge on any atom is -0.385 e. The molecule has 0 spiro atoms. The van der Waals surface area contributed by atoms with Gasteiger partial charge in [0.1, 0.15) is 0 Å². The molecule has 1 heterocycles. The van der Waals surface area contributed by atoms with Crippen LogP contribution in [0.4, 0.5) is 0 Å². The van der Waals surface area contributed by atoms with E-state index in [0.717, 1.165) is 64.6 Å². The molecule has 2 N–H and O–H groups in total. The van der Waals surface area contributed by atoms with E-state index in [1.54, 1.807) is 7.11 Å². The minimum atomic E-state index is 0. The number of guanidine groups is 1. The topological polar surface area (TPSA) is 48.9 Å². The molecule has 1 unspecified atom stereocenters. The van der Waals surface area contributed by atoms with Gasteiger partial charge in [0.15, 0.2) is 5.96 Å². The third-order valence-electron chi connectivity index (χ3n) is 4.77. The molecule has 0 amide bonds. The third-order valence-corrected chi connectivity index (χ3v) is 4.77. The molecule has 1 aromatic carbocycles. The monoisotopic (exact) mass is 474 g/mol. The molecule has 6 heteroatoms. The fraction of sp³-hybridized carbons (Fsp3) is 0.650. The molecule has 0 radical (unpaired) electrons. The Labute approximate surface area is 176 Å². The maximum atomic E-state index is 5.10. The van der Waals surface area contributed by atoms with Gasteiger partial charge in [-0.2, -0.15) is 0 Å². The highest BCUT2D eigenvalue weighted by atomic mass is 127. The summed E-state index contributed by atoms with van der Waals surface area (Å²) in [4.78, 5) is 7.41. The Bertz CT molecular complexity index is 538. The first-order valence-electron chi connectivity index (χ1n) is 9.60. The molecular formula is C20H35IN4O. The highest BCUT2D eigenvalue weighted by molar-refractivity contribution is 14.0. The van der Waals surface area contributed by atoms with Crippen LogP contribution in [0.15, 0.2) is 29.3 Å². The summed E-state index contributed by atoms with van der Waals surface area (Å²) >= 11 is 0. The van der Waals surface area contributed by atoms with Crippen LogP contribution in [0.2, 0.25) is 0 Å². The van der Waals surface area contributed by atoms with Gasteiger partial charge >= 0.3 is 0 Å². The van der Waals surface area contributed by atoms with Crippen molar-refractivity contribution in [2.24, 2.45) is 4.99 Å². The zero-order chi connectivity index (χ0) is 17.9. The van der Waals surface area contributed by atoms with Crippen molar-refractivity contribution in [3.63, 3.8) is 0 Å². The van der Waals surface area contributed by atoms with E-state index >= 15 is 0 Å². The van der Waals surface area contributed by atoms with E-state index in [0.29, 0.717) is 6.04 Å². The van der Waals surface area contributed by atoms with Gasteiger partial charge in [0.25, 0.3) is 0 Å². The fourth-order valence-corrected chi connectivity index (χ4v) is 3.29. The maximum Gasteiger partial charge on any atom is 0.191 e. The van der Waals surface area contributed by atoms with E-state index in [4.69, 9.17) is 9.73 Å². The maximum absolute atomic E-state index is 5.10. The molecule has 5 nitrogen and oxygen atoms in total. The summed E-state index contributed by atoms with van der Waals surface area (Å²) in [5.74, 6) is 0.912. The van der Waals surface area contributed by atoms with Crippen LogP contribution in [0.1, 0.15) is 37.8 Å². The summed E-state index contributed by atoms with van der Waals surface area (Å²) in [7, 11) is 1.74. The Balaban J connectivity index is 0.00000338. The lowest BCUT2D eigenvalue weighted by atomic mass is 9.98. The molecule has 1 aromatic rings. The van der Waals surface area contributed by atoms with Crippen LogP contribution in [-0.4, -0.2) is 56.8 Å². The number of aliphatic imine (C=N–C) groups is 1. The first kappa shape index (κ1) is 23.2. The van der Waals surface area contributed by atoms with E-state index in [1.165, 1.54) is 11.1 Å². The average Bonchev–Trinajstić information content (AvgIpc) is 2.65. The zero-order valence-electron chi connectivity index (χ0n) is 16.5. The number of fused-ring (bicyclic) bond motifs is 1. The number of hydrogen-bond acceptors (Lipinski definition) is 3. The van der Waals surface area contributed by atoms with Gasteiger partial charge in [0, 0.05) is 45.9 Å². The van der Waals surface area contributed by atoms with Gasteiger partial charge in [0.05, 0.1) is 6.54 Å². The van der Waals surface area contributed by atoms with Crippen LogP contribution in [-0.2, 0) is 17.7 Å². The molecule has 0 aromatic heterocycles. The lowest BCUT2D eigenvalue weighted by Gasteiger charge is -2.34. The number of nitrogens with one attached hydrogen (secondary N) is 2. The Morgan fingerprint density at radius 1 is 1.23 bits per heavy atom. The number of rotatable bonds is 9. The SMILES string of the molecule is CCNC(=NCC(CC)N1CCc2ccccc2C1)NCCCOC.I. The molecule has 0 saturated heterocycles. The smallest absolute Gasteiger partial charge is 0.191 e. The number of hydrogen-bond donors (Lipinski definition) is 2. The van der Waals surface area contributed by atoms with E-state index < -0.39 is 0 Å². The second-order valence-electron chi connectivity index (χ2n) is 6.54. The molecule has 0 fully saturated rings. The molecular weight excluding hydrogens is 439 g/mol. The van der Waals surface area contributed by atoms with E-state index in [-0.39, 0.29) is 24.0 Å². The zero-order valence-corrected chi connectivity index (χ0v) is 18.8. The lowest BCUT2D eigenvalue weighted by molar-refractivity contribution is 0.178. The number of ether oxygens (including phenoxy) is 1. The van der Waals surface area contributed by atoms with Crippen molar-refractivity contribution >= 4 is 29.9 Å². The van der Waals surface area contributed by atoms with E-state index in [9.17, 15) is 0 Å². The molecule has 0 aliphatic carbocycles. The summed E-state index contributed by atoms with van der Waals surface area (Å²) < 4.78 is 5.10. The number of benzene rings is 1. The normalized spacial score (nSPS) is 15.7. The summed E-state index contributed by atoms with van der Waals surface area (Å²) in [6, 6.07) is 9.31. The molecule has 26 heavy (non-hydrogen) atoms. The van der Waals surface area contributed by atoms with Gasteiger partial charge in [0.2, 0.25) is 0 Å². The predicted octanol–water partition coefficient (Wildman–Crippen LogP) is 3.03. The van der Waals surface area contributed by atoms with Crippen LogP contribution in [0.5, 0.6) is 0 Å². The predicted molar refractivity (Wildman–Crippen MR) is 121 cm³/mol. The number of methoxy groups -OCH3 is 1. The van der Waals surface area contributed by atoms with Crippen LogP contribution < -0.4 is 10.6 Å². The number of nitrogens with zero attached hydrogens (tertiary/aromatic N) is 2. The molecule has 0 saturated carbocycles. The first-order chi connectivity index (χ1) is 12.3. The van der Waals surface area contributed by atoms with Crippen LogP contribution in [0.3, 0.4) is 0 Å². The molecule has 0 bridgehead atoms. The quantitative estimate of drug-likeness (QED) is 0.250. The van der Waals surface area contributed by atoms with Crippen molar-refractivity contribution in [1.29, 1.82) is 0 Å². The second-order valence-corrected chi connectivity index (χ2v) is 6.54. The highest BCUT2D eigenvalue weighted by Gasteiger charge is 2.22. The van der Waals surface area contributed by atoms with Crippen molar-refractivity contribution in [1.82, 2.24) is 15.5 Å². The molecule has 1 aliphatic rings. The van der Waals surface area contributed by atoms with Crippen molar-refractivity contribution < 1.29 is 4.74 Å². The molecule has 2 rings (SSSR count). The van der Waals surface area contributed by atoms with Gasteiger partial charge in [-0.1, -0.05) is 31.2 Å². The number of halogens is 1. The van der Waals surface area contributed by atoms with Gasteiger partial charge in [-0.05, 0) is 37.3 Å². The standard InChI is InChI=1S/C20H34N4O.HI/c1-4-19(15-23-20(21-5-2)22-12-8-14-25-3)24-13-11-17-9-6-7-10-18(17)16-24;/h6-7,9-10,19H,4-5,8,11-16H2,1-3H3,(H2,21,22,23);1H. The Hall–Kier alpha value is -0.860. The van der Waals surface area contributed by atoms with E-state index in [2.05, 4.69) is 53.6 Å². The van der Waals surface area contributed by atoms with Gasteiger partial charge in [-0.25, -0.2) is 0 Å². The van der Waals surface area contributed by atoms with Crippen LogP contribution >= 0.6 is 24.0 Å². The third kappa shape index (κ3) is 7.40. The molecule has 1 atom stereocenters. The average molecular weight is 474 g/mol. The summed E-state index contributed by atoms with van der Waals surface area (Å²) in [5.41, 5.74) is 2.98. The van der Waals surface area contributed by atoms with Gasteiger partial charge < -0.3 is 15.4 Å². The van der Waals surface area contributed by atoms with Gasteiger partial charge in [-0.3, -0.25) is 9.89 Å². The molecule has 1 aliphatic heterocycles. The van der Waals surface area contributed by atoms with Gasteiger partial charge in [-0.15, -0.1) is 24.0 Å².